The van der Waals surface area contributed by atoms with Gasteiger partial charge in [0.1, 0.15) is 17.2 Å². The molecule has 0 aliphatic heterocycles. The summed E-state index contributed by atoms with van der Waals surface area (Å²) in [5.41, 5.74) is -0.207. The van der Waals surface area contributed by atoms with Gasteiger partial charge in [-0.15, -0.1) is 0 Å². The molecule has 5 rings (SSSR count). The van der Waals surface area contributed by atoms with E-state index in [1.54, 1.807) is 13.8 Å². The average molecular weight is 823 g/mol. The van der Waals surface area contributed by atoms with Gasteiger partial charge in [0.15, 0.2) is 5.60 Å². The summed E-state index contributed by atoms with van der Waals surface area (Å²) in [5, 5.41) is 9.18. The van der Waals surface area contributed by atoms with Crippen LogP contribution in [0.4, 0.5) is 26.3 Å². The summed E-state index contributed by atoms with van der Waals surface area (Å²) in [6.07, 6.45) is -5.15. The molecule has 272 valence electrons. The molecule has 4 aromatic rings. The number of oxazole rings is 2. The number of aryl methyl sites for hydroxylation is 2. The summed E-state index contributed by atoms with van der Waals surface area (Å²) in [7, 11) is 0. The maximum absolute atomic E-state index is 12.7. The van der Waals surface area contributed by atoms with Crippen molar-refractivity contribution in [2.75, 3.05) is 6.61 Å². The second-order valence-corrected chi connectivity index (χ2v) is 13.2. The van der Waals surface area contributed by atoms with Gasteiger partial charge in [-0.1, -0.05) is 29.0 Å². The van der Waals surface area contributed by atoms with Gasteiger partial charge >= 0.3 is 18.3 Å². The minimum atomic E-state index is -4.39. The van der Waals surface area contributed by atoms with Crippen molar-refractivity contribution in [1.29, 1.82) is 0 Å². The first-order valence-electron chi connectivity index (χ1n) is 15.7. The number of alkyl halides is 7. The van der Waals surface area contributed by atoms with Gasteiger partial charge in [-0.25, -0.2) is 14.8 Å². The van der Waals surface area contributed by atoms with Crippen LogP contribution in [0.25, 0.3) is 22.9 Å². The van der Waals surface area contributed by atoms with Gasteiger partial charge < -0.3 is 23.4 Å². The van der Waals surface area contributed by atoms with E-state index in [4.69, 9.17) is 18.3 Å². The number of carbonyl (C=O) groups is 1. The highest BCUT2D eigenvalue weighted by atomic mass is 127. The van der Waals surface area contributed by atoms with Gasteiger partial charge in [0, 0.05) is 15.6 Å². The number of carboxylic acids is 1. The molecule has 2 heterocycles. The molecule has 0 spiro atoms. The van der Waals surface area contributed by atoms with E-state index < -0.39 is 35.0 Å². The molecular formula is C35H37F6IN2O6. The number of hydrogen-bond donors (Lipinski definition) is 1. The molecule has 2 aromatic heterocycles. The third-order valence-electron chi connectivity index (χ3n) is 8.22. The van der Waals surface area contributed by atoms with Gasteiger partial charge in [-0.05, 0) is 101 Å². The maximum Gasteiger partial charge on any atom is 0.416 e. The number of nitrogens with zero attached hydrogens (tertiary/aromatic N) is 2. The Hall–Kier alpha value is -3.44. The van der Waals surface area contributed by atoms with Crippen LogP contribution in [0, 0.1) is 19.8 Å². The molecule has 15 heteroatoms. The molecule has 2 atom stereocenters. The number of benzene rings is 2. The third-order valence-corrected chi connectivity index (χ3v) is 8.94. The van der Waals surface area contributed by atoms with Crippen molar-refractivity contribution >= 4 is 28.6 Å². The van der Waals surface area contributed by atoms with Crippen molar-refractivity contribution in [3.63, 3.8) is 0 Å². The SMILES string of the molecule is Cc1oc(-c2ccc(C(F)(F)F)cc2)nc1CI.Cc1oc(-c2ccc(C(F)(F)F)cc2)nc1CO[C@H]1CCC[C@@H](COC(C)(C)C(=O)O)C1. The normalized spacial score (nSPS) is 16.9. The summed E-state index contributed by atoms with van der Waals surface area (Å²) >= 11 is 2.16. The number of hydrogen-bond acceptors (Lipinski definition) is 7. The Labute approximate surface area is 298 Å². The van der Waals surface area contributed by atoms with E-state index in [2.05, 4.69) is 32.6 Å². The molecule has 2 aromatic carbocycles. The smallest absolute Gasteiger partial charge is 0.416 e. The molecule has 1 saturated carbocycles. The lowest BCUT2D eigenvalue weighted by Crippen LogP contribution is -2.37. The zero-order chi connectivity index (χ0) is 36.9. The van der Waals surface area contributed by atoms with Gasteiger partial charge in [0.25, 0.3) is 0 Å². The number of rotatable bonds is 10. The highest BCUT2D eigenvalue weighted by molar-refractivity contribution is 14.1. The molecule has 0 saturated heterocycles. The predicted octanol–water partition coefficient (Wildman–Crippen LogP) is 10.2. The van der Waals surface area contributed by atoms with Crippen molar-refractivity contribution in [1.82, 2.24) is 9.97 Å². The van der Waals surface area contributed by atoms with Crippen molar-refractivity contribution in [2.45, 2.75) is 88.5 Å². The fourth-order valence-corrected chi connectivity index (χ4v) is 5.80. The third kappa shape index (κ3) is 10.5. The molecule has 1 aliphatic carbocycles. The number of carboxylic acid groups (broad SMARTS) is 1. The van der Waals surface area contributed by atoms with E-state index in [1.165, 1.54) is 38.1 Å². The Morgan fingerprint density at radius 3 is 1.76 bits per heavy atom. The Morgan fingerprint density at radius 1 is 0.840 bits per heavy atom. The van der Waals surface area contributed by atoms with Crippen LogP contribution in [0.1, 0.15) is 73.6 Å². The number of aliphatic carboxylic acids is 1. The molecule has 50 heavy (non-hydrogen) atoms. The summed E-state index contributed by atoms with van der Waals surface area (Å²) in [6.45, 7) is 7.19. The highest BCUT2D eigenvalue weighted by Crippen LogP contribution is 2.33. The molecule has 1 aliphatic rings. The Morgan fingerprint density at radius 2 is 1.32 bits per heavy atom. The molecule has 1 N–H and O–H groups in total. The lowest BCUT2D eigenvalue weighted by molar-refractivity contribution is -0.163. The van der Waals surface area contributed by atoms with Crippen LogP contribution < -0.4 is 0 Å². The van der Waals surface area contributed by atoms with Crippen LogP contribution >= 0.6 is 22.6 Å². The number of ether oxygens (including phenoxy) is 2. The first-order chi connectivity index (χ1) is 23.4. The molecular weight excluding hydrogens is 785 g/mol. The molecule has 0 radical (unpaired) electrons. The van der Waals surface area contributed by atoms with Crippen LogP contribution in [0.15, 0.2) is 57.4 Å². The van der Waals surface area contributed by atoms with E-state index in [9.17, 15) is 36.2 Å². The second-order valence-electron chi connectivity index (χ2n) is 12.4. The standard InChI is InChI=1S/C23H28F3NO5.C12H9F3INO/c1-14-19(27-20(32-14)16-7-9-17(10-8-16)23(24,25)26)13-30-18-6-4-5-15(11-18)12-31-22(2,3)21(28)29;1-7-10(6-16)17-11(18-7)8-2-4-9(5-3-8)12(13,14)15/h7-10,15,18H,4-6,11-13H2,1-3H3,(H,28,29);2-5H,6H2,1H3/t15-,18+;/m1./s1. The Bertz CT molecular complexity index is 1720. The topological polar surface area (TPSA) is 108 Å². The second kappa shape index (κ2) is 16.3. The van der Waals surface area contributed by atoms with Gasteiger partial charge in [0.2, 0.25) is 11.8 Å². The first-order valence-corrected chi connectivity index (χ1v) is 17.2. The molecule has 8 nitrogen and oxygen atoms in total. The van der Waals surface area contributed by atoms with Crippen LogP contribution in [-0.4, -0.2) is 39.4 Å². The number of aromatic nitrogens is 2. The average Bonchev–Trinajstić information content (AvgIpc) is 3.64. The summed E-state index contributed by atoms with van der Waals surface area (Å²) in [4.78, 5) is 19.8. The predicted molar refractivity (Wildman–Crippen MR) is 179 cm³/mol. The monoisotopic (exact) mass is 822 g/mol. The van der Waals surface area contributed by atoms with Crippen LogP contribution in [-0.2, 0) is 37.7 Å². The van der Waals surface area contributed by atoms with Crippen LogP contribution in [0.3, 0.4) is 0 Å². The van der Waals surface area contributed by atoms with Crippen LogP contribution in [0.5, 0.6) is 0 Å². The zero-order valence-electron chi connectivity index (χ0n) is 27.8. The Balaban J connectivity index is 0.000000263. The van der Waals surface area contributed by atoms with Gasteiger partial charge in [-0.3, -0.25) is 0 Å². The molecule has 1 fully saturated rings. The van der Waals surface area contributed by atoms with Gasteiger partial charge in [-0.2, -0.15) is 26.3 Å². The molecule has 0 amide bonds. The summed E-state index contributed by atoms with van der Waals surface area (Å²) in [6, 6.07) is 9.46. The van der Waals surface area contributed by atoms with E-state index >= 15 is 0 Å². The van der Waals surface area contributed by atoms with E-state index in [-0.39, 0.29) is 24.5 Å². The van der Waals surface area contributed by atoms with Crippen molar-refractivity contribution in [2.24, 2.45) is 5.92 Å². The number of halogens is 7. The quantitative estimate of drug-likeness (QED) is 0.0957. The van der Waals surface area contributed by atoms with Crippen molar-refractivity contribution < 1.29 is 54.6 Å². The minimum absolute atomic E-state index is 0.00379. The lowest BCUT2D eigenvalue weighted by atomic mass is 9.87. The van der Waals surface area contributed by atoms with Crippen molar-refractivity contribution in [3.8, 4) is 22.9 Å². The van der Waals surface area contributed by atoms with E-state index in [0.717, 1.165) is 55.6 Å². The summed E-state index contributed by atoms with van der Waals surface area (Å²) < 4.78 is 98.8. The fraction of sp³-hybridized carbons (Fsp3) is 0.457. The highest BCUT2D eigenvalue weighted by Gasteiger charge is 2.32. The van der Waals surface area contributed by atoms with E-state index in [0.29, 0.717) is 45.3 Å². The largest absolute Gasteiger partial charge is 0.479 e. The first kappa shape index (κ1) is 39.3. The molecule has 0 bridgehead atoms. The van der Waals surface area contributed by atoms with Crippen molar-refractivity contribution in [3.05, 3.63) is 82.6 Å². The lowest BCUT2D eigenvalue weighted by Gasteiger charge is -2.31. The zero-order valence-corrected chi connectivity index (χ0v) is 29.9. The van der Waals surface area contributed by atoms with Crippen LogP contribution in [0.2, 0.25) is 0 Å². The Kier molecular flexibility index (Phi) is 12.8. The summed E-state index contributed by atoms with van der Waals surface area (Å²) in [5.74, 6) is 1.08. The minimum Gasteiger partial charge on any atom is -0.479 e. The molecule has 0 unspecified atom stereocenters. The van der Waals surface area contributed by atoms with Gasteiger partial charge in [0.05, 0.1) is 36.1 Å². The van der Waals surface area contributed by atoms with E-state index in [1.807, 2.05) is 0 Å². The fourth-order valence-electron chi connectivity index (χ4n) is 5.09. The maximum atomic E-state index is 12.7.